The number of hydrogen-bond donors (Lipinski definition) is 1. The highest BCUT2D eigenvalue weighted by Crippen LogP contribution is 2.26. The summed E-state index contributed by atoms with van der Waals surface area (Å²) in [6.07, 6.45) is 0. The highest BCUT2D eigenvalue weighted by molar-refractivity contribution is 9.10. The summed E-state index contributed by atoms with van der Waals surface area (Å²) in [4.78, 5) is 0. The van der Waals surface area contributed by atoms with Gasteiger partial charge in [-0.1, -0.05) is 17.8 Å². The third-order valence-electron chi connectivity index (χ3n) is 2.79. The molecule has 0 fully saturated rings. The smallest absolute Gasteiger partial charge is 0.191 e. The number of benzene rings is 1. The first-order valence-electron chi connectivity index (χ1n) is 6.23. The number of nitrogens with zero attached hydrogens (tertiary/aromatic N) is 3. The van der Waals surface area contributed by atoms with Gasteiger partial charge in [0.1, 0.15) is 11.6 Å². The van der Waals surface area contributed by atoms with Crippen LogP contribution in [-0.4, -0.2) is 14.8 Å². The molecule has 0 aliphatic heterocycles. The van der Waals surface area contributed by atoms with E-state index in [0.29, 0.717) is 16.8 Å². The van der Waals surface area contributed by atoms with Crippen molar-refractivity contribution in [1.82, 2.24) is 14.8 Å². The molecular formula is C13H16BrFN4S. The molecule has 0 aliphatic rings. The van der Waals surface area contributed by atoms with Crippen molar-refractivity contribution in [2.45, 2.75) is 37.3 Å². The summed E-state index contributed by atoms with van der Waals surface area (Å²) in [6, 6.07) is 5.26. The van der Waals surface area contributed by atoms with Crippen LogP contribution in [0.5, 0.6) is 0 Å². The minimum Gasteiger partial charge on any atom is -0.324 e. The molecule has 0 aliphatic carbocycles. The summed E-state index contributed by atoms with van der Waals surface area (Å²) in [6.45, 7) is 4.51. The molecule has 1 aromatic heterocycles. The van der Waals surface area contributed by atoms with E-state index in [-0.39, 0.29) is 11.9 Å². The van der Waals surface area contributed by atoms with E-state index >= 15 is 0 Å². The zero-order valence-electron chi connectivity index (χ0n) is 11.3. The van der Waals surface area contributed by atoms with E-state index in [1.807, 2.05) is 4.57 Å². The van der Waals surface area contributed by atoms with Gasteiger partial charge in [-0.05, 0) is 47.5 Å². The Morgan fingerprint density at radius 3 is 2.75 bits per heavy atom. The molecule has 0 spiro atoms. The maximum Gasteiger partial charge on any atom is 0.191 e. The molecule has 1 aromatic carbocycles. The standard InChI is InChI=1S/C13H16BrFN4S/c1-8(2)19-12(6-16)17-18-13(19)20-7-9-3-4-11(15)10(14)5-9/h3-5,8H,6-7,16H2,1-2H3. The highest BCUT2D eigenvalue weighted by atomic mass is 79.9. The molecule has 20 heavy (non-hydrogen) atoms. The lowest BCUT2D eigenvalue weighted by atomic mass is 10.2. The Labute approximate surface area is 130 Å². The lowest BCUT2D eigenvalue weighted by Gasteiger charge is -2.12. The Morgan fingerprint density at radius 2 is 2.15 bits per heavy atom. The van der Waals surface area contributed by atoms with Crippen LogP contribution in [0.2, 0.25) is 0 Å². The molecule has 0 radical (unpaired) electrons. The Hall–Kier alpha value is -0.920. The predicted octanol–water partition coefficient (Wildman–Crippen LogP) is 3.51. The van der Waals surface area contributed by atoms with Gasteiger partial charge in [0.15, 0.2) is 5.16 Å². The van der Waals surface area contributed by atoms with E-state index in [9.17, 15) is 4.39 Å². The Bertz CT molecular complexity index is 600. The lowest BCUT2D eigenvalue weighted by Crippen LogP contribution is -2.11. The first-order chi connectivity index (χ1) is 9.52. The molecule has 0 bridgehead atoms. The number of rotatable bonds is 5. The number of nitrogens with two attached hydrogens (primary N) is 1. The molecule has 108 valence electrons. The predicted molar refractivity (Wildman–Crippen MR) is 82.0 cm³/mol. The average molecular weight is 359 g/mol. The Morgan fingerprint density at radius 1 is 1.40 bits per heavy atom. The largest absolute Gasteiger partial charge is 0.324 e. The van der Waals surface area contributed by atoms with Gasteiger partial charge in [0, 0.05) is 11.8 Å². The molecule has 0 saturated carbocycles. The number of thioether (sulfide) groups is 1. The second kappa shape index (κ2) is 6.69. The van der Waals surface area contributed by atoms with E-state index in [1.165, 1.54) is 6.07 Å². The van der Waals surface area contributed by atoms with Gasteiger partial charge >= 0.3 is 0 Å². The van der Waals surface area contributed by atoms with Crippen LogP contribution in [0.25, 0.3) is 0 Å². The van der Waals surface area contributed by atoms with E-state index < -0.39 is 0 Å². The van der Waals surface area contributed by atoms with Crippen LogP contribution in [0.15, 0.2) is 27.8 Å². The molecule has 0 atom stereocenters. The minimum atomic E-state index is -0.255. The van der Waals surface area contributed by atoms with Crippen molar-refractivity contribution in [3.05, 3.63) is 39.9 Å². The third kappa shape index (κ3) is 3.39. The van der Waals surface area contributed by atoms with Crippen molar-refractivity contribution in [3.63, 3.8) is 0 Å². The summed E-state index contributed by atoms with van der Waals surface area (Å²) < 4.78 is 15.7. The molecular weight excluding hydrogens is 343 g/mol. The second-order valence-corrected chi connectivity index (χ2v) is 6.40. The van der Waals surface area contributed by atoms with Crippen LogP contribution >= 0.6 is 27.7 Å². The van der Waals surface area contributed by atoms with Gasteiger partial charge in [-0.3, -0.25) is 0 Å². The highest BCUT2D eigenvalue weighted by Gasteiger charge is 2.14. The third-order valence-corrected chi connectivity index (χ3v) is 4.41. The molecule has 0 amide bonds. The zero-order valence-corrected chi connectivity index (χ0v) is 13.7. The molecule has 1 heterocycles. The van der Waals surface area contributed by atoms with E-state index in [1.54, 1.807) is 23.9 Å². The van der Waals surface area contributed by atoms with Crippen LogP contribution in [-0.2, 0) is 12.3 Å². The average Bonchev–Trinajstić information content (AvgIpc) is 2.83. The molecule has 2 N–H and O–H groups in total. The van der Waals surface area contributed by atoms with Crippen molar-refractivity contribution in [2.24, 2.45) is 5.73 Å². The van der Waals surface area contributed by atoms with Crippen LogP contribution in [0.3, 0.4) is 0 Å². The van der Waals surface area contributed by atoms with Crippen LogP contribution in [0, 0.1) is 5.82 Å². The van der Waals surface area contributed by atoms with E-state index in [0.717, 1.165) is 16.5 Å². The molecule has 7 heteroatoms. The molecule has 0 unspecified atom stereocenters. The molecule has 0 saturated heterocycles. The minimum absolute atomic E-state index is 0.255. The van der Waals surface area contributed by atoms with Crippen molar-refractivity contribution < 1.29 is 4.39 Å². The first kappa shape index (κ1) is 15.5. The molecule has 4 nitrogen and oxygen atoms in total. The maximum absolute atomic E-state index is 13.2. The van der Waals surface area contributed by atoms with Gasteiger partial charge in [0.25, 0.3) is 0 Å². The first-order valence-corrected chi connectivity index (χ1v) is 8.01. The van der Waals surface area contributed by atoms with Crippen molar-refractivity contribution >= 4 is 27.7 Å². The van der Waals surface area contributed by atoms with Gasteiger partial charge in [-0.25, -0.2) is 4.39 Å². The second-order valence-electron chi connectivity index (χ2n) is 4.60. The van der Waals surface area contributed by atoms with E-state index in [4.69, 9.17) is 5.73 Å². The van der Waals surface area contributed by atoms with Gasteiger partial charge in [-0.2, -0.15) is 0 Å². The SMILES string of the molecule is CC(C)n1c(CN)nnc1SCc1ccc(F)c(Br)c1. The van der Waals surface area contributed by atoms with Crippen molar-refractivity contribution in [2.75, 3.05) is 0 Å². The molecule has 2 aromatic rings. The fraction of sp³-hybridized carbons (Fsp3) is 0.385. The summed E-state index contributed by atoms with van der Waals surface area (Å²) >= 11 is 4.76. The van der Waals surface area contributed by atoms with E-state index in [2.05, 4.69) is 40.0 Å². The fourth-order valence-corrected chi connectivity index (χ4v) is 3.30. The van der Waals surface area contributed by atoms with Crippen molar-refractivity contribution in [1.29, 1.82) is 0 Å². The summed E-state index contributed by atoms with van der Waals surface area (Å²) in [5, 5.41) is 9.11. The monoisotopic (exact) mass is 358 g/mol. The van der Waals surface area contributed by atoms with Crippen LogP contribution < -0.4 is 5.73 Å². The zero-order chi connectivity index (χ0) is 14.7. The number of halogens is 2. The van der Waals surface area contributed by atoms with Crippen LogP contribution in [0.4, 0.5) is 4.39 Å². The summed E-state index contributed by atoms with van der Waals surface area (Å²) in [5.41, 5.74) is 6.69. The Balaban J connectivity index is 2.14. The van der Waals surface area contributed by atoms with Gasteiger partial charge in [0.2, 0.25) is 0 Å². The summed E-state index contributed by atoms with van der Waals surface area (Å²) in [7, 11) is 0. The quantitative estimate of drug-likeness (QED) is 0.830. The molecule has 2 rings (SSSR count). The number of hydrogen-bond acceptors (Lipinski definition) is 4. The van der Waals surface area contributed by atoms with Gasteiger partial charge < -0.3 is 10.3 Å². The lowest BCUT2D eigenvalue weighted by molar-refractivity contribution is 0.526. The summed E-state index contributed by atoms with van der Waals surface area (Å²) in [5.74, 6) is 1.23. The normalized spacial score (nSPS) is 11.3. The van der Waals surface area contributed by atoms with Crippen LogP contribution in [0.1, 0.15) is 31.3 Å². The maximum atomic E-state index is 13.2. The number of aromatic nitrogens is 3. The Kier molecular flexibility index (Phi) is 5.17. The topological polar surface area (TPSA) is 56.7 Å². The fourth-order valence-electron chi connectivity index (χ4n) is 1.84. The van der Waals surface area contributed by atoms with Gasteiger partial charge in [-0.15, -0.1) is 10.2 Å². The van der Waals surface area contributed by atoms with Crippen molar-refractivity contribution in [3.8, 4) is 0 Å². The van der Waals surface area contributed by atoms with Gasteiger partial charge in [0.05, 0.1) is 11.0 Å².